The molecule has 1 aromatic carbocycles. The smallest absolute Gasteiger partial charge is 0.413 e. The van der Waals surface area contributed by atoms with Gasteiger partial charge in [-0.05, 0) is 44.2 Å². The summed E-state index contributed by atoms with van der Waals surface area (Å²) >= 11 is 1.48. The molecule has 0 bridgehead atoms. The SMILES string of the molecule is CCOC(=O)NC(=O)C1CCSC1NC(=O)c1ccc2c(c1)NC(C)O2. The first kappa shape index (κ1) is 18.4. The van der Waals surface area contributed by atoms with E-state index >= 15 is 0 Å². The van der Waals surface area contributed by atoms with Crippen LogP contribution in [0, 0.1) is 5.92 Å². The standard InChI is InChI=1S/C17H21N3O5S/c1-3-24-17(23)20-15(22)11-6-7-26-16(11)19-14(21)10-4-5-13-12(8-10)18-9(2)25-13/h4-5,8-9,11,16,18H,3,6-7H2,1-2H3,(H,19,21)(H,20,22,23). The van der Waals surface area contributed by atoms with Crippen LogP contribution in [0.2, 0.25) is 0 Å². The number of anilines is 1. The minimum absolute atomic E-state index is 0.135. The van der Waals surface area contributed by atoms with Gasteiger partial charge in [-0.3, -0.25) is 14.9 Å². The molecule has 0 aliphatic carbocycles. The average Bonchev–Trinajstić information content (AvgIpc) is 3.19. The topological polar surface area (TPSA) is 106 Å². The van der Waals surface area contributed by atoms with Crippen LogP contribution in [-0.4, -0.2) is 41.9 Å². The van der Waals surface area contributed by atoms with E-state index in [0.717, 1.165) is 11.4 Å². The monoisotopic (exact) mass is 379 g/mol. The molecule has 8 nitrogen and oxygen atoms in total. The Bertz CT molecular complexity index is 726. The molecular formula is C17H21N3O5S. The van der Waals surface area contributed by atoms with Crippen molar-refractivity contribution >= 4 is 35.4 Å². The van der Waals surface area contributed by atoms with E-state index in [0.29, 0.717) is 17.7 Å². The van der Waals surface area contributed by atoms with Gasteiger partial charge in [-0.25, -0.2) is 4.79 Å². The number of carbonyl (C=O) groups is 3. The van der Waals surface area contributed by atoms with Crippen LogP contribution in [0.5, 0.6) is 5.75 Å². The van der Waals surface area contributed by atoms with Gasteiger partial charge < -0.3 is 20.1 Å². The summed E-state index contributed by atoms with van der Waals surface area (Å²) in [5.41, 5.74) is 1.24. The molecule has 140 valence electrons. The van der Waals surface area contributed by atoms with Gasteiger partial charge >= 0.3 is 6.09 Å². The van der Waals surface area contributed by atoms with E-state index in [4.69, 9.17) is 9.47 Å². The molecule has 3 rings (SSSR count). The lowest BCUT2D eigenvalue weighted by atomic mass is 10.1. The Labute approximate surface area is 155 Å². The first-order chi connectivity index (χ1) is 12.5. The van der Waals surface area contributed by atoms with Crippen molar-refractivity contribution in [2.75, 3.05) is 17.7 Å². The lowest BCUT2D eigenvalue weighted by Crippen LogP contribution is -2.44. The Morgan fingerprint density at radius 3 is 2.96 bits per heavy atom. The molecule has 9 heteroatoms. The van der Waals surface area contributed by atoms with Crippen LogP contribution >= 0.6 is 11.8 Å². The van der Waals surface area contributed by atoms with Gasteiger partial charge in [0.15, 0.2) is 6.23 Å². The largest absolute Gasteiger partial charge is 0.469 e. The molecule has 2 heterocycles. The zero-order valence-corrected chi connectivity index (χ0v) is 15.4. The third kappa shape index (κ3) is 4.04. The van der Waals surface area contributed by atoms with Gasteiger partial charge in [0.1, 0.15) is 5.75 Å². The van der Waals surface area contributed by atoms with Crippen molar-refractivity contribution in [2.24, 2.45) is 5.92 Å². The zero-order chi connectivity index (χ0) is 18.7. The summed E-state index contributed by atoms with van der Waals surface area (Å²) in [5.74, 6) is 0.238. The van der Waals surface area contributed by atoms with E-state index in [2.05, 4.69) is 16.0 Å². The van der Waals surface area contributed by atoms with Gasteiger partial charge in [0.2, 0.25) is 5.91 Å². The molecule has 3 atom stereocenters. The molecule has 0 saturated carbocycles. The fourth-order valence-corrected chi connectivity index (χ4v) is 4.23. The van der Waals surface area contributed by atoms with Crippen LogP contribution in [0.4, 0.5) is 10.5 Å². The quantitative estimate of drug-likeness (QED) is 0.734. The number of hydrogen-bond donors (Lipinski definition) is 3. The second-order valence-electron chi connectivity index (χ2n) is 5.99. The minimum Gasteiger partial charge on any atom is -0.469 e. The van der Waals surface area contributed by atoms with Gasteiger partial charge in [-0.2, -0.15) is 0 Å². The van der Waals surface area contributed by atoms with Gasteiger partial charge in [0.25, 0.3) is 5.91 Å². The summed E-state index contributed by atoms with van der Waals surface area (Å²) in [4.78, 5) is 36.2. The number of carbonyl (C=O) groups excluding carboxylic acids is 3. The number of ether oxygens (including phenoxy) is 2. The number of imide groups is 1. The third-order valence-corrected chi connectivity index (χ3v) is 5.38. The highest BCUT2D eigenvalue weighted by Gasteiger charge is 2.36. The van der Waals surface area contributed by atoms with Gasteiger partial charge in [0.05, 0.1) is 23.6 Å². The highest BCUT2D eigenvalue weighted by atomic mass is 32.2. The van der Waals surface area contributed by atoms with E-state index < -0.39 is 23.3 Å². The fourth-order valence-electron chi connectivity index (χ4n) is 2.90. The van der Waals surface area contributed by atoms with Crippen molar-refractivity contribution in [1.82, 2.24) is 10.6 Å². The molecule has 0 aromatic heterocycles. The minimum atomic E-state index is -0.765. The van der Waals surface area contributed by atoms with Gasteiger partial charge in [-0.1, -0.05) is 0 Å². The molecule has 0 radical (unpaired) electrons. The van der Waals surface area contributed by atoms with Crippen LogP contribution in [0.3, 0.4) is 0 Å². The molecule has 2 aliphatic rings. The van der Waals surface area contributed by atoms with Crippen molar-refractivity contribution in [1.29, 1.82) is 0 Å². The van der Waals surface area contributed by atoms with Crippen molar-refractivity contribution in [3.8, 4) is 5.75 Å². The van der Waals surface area contributed by atoms with E-state index in [-0.39, 0.29) is 18.7 Å². The molecule has 1 saturated heterocycles. The van der Waals surface area contributed by atoms with Crippen LogP contribution < -0.4 is 20.7 Å². The zero-order valence-electron chi connectivity index (χ0n) is 14.5. The number of rotatable bonds is 4. The average molecular weight is 379 g/mol. The highest BCUT2D eigenvalue weighted by Crippen LogP contribution is 2.33. The lowest BCUT2D eigenvalue weighted by molar-refractivity contribution is -0.124. The molecule has 3 unspecified atom stereocenters. The van der Waals surface area contributed by atoms with Crippen molar-refractivity contribution in [2.45, 2.75) is 31.9 Å². The maximum absolute atomic E-state index is 12.6. The molecule has 3 N–H and O–H groups in total. The van der Waals surface area contributed by atoms with Crippen LogP contribution in [-0.2, 0) is 9.53 Å². The van der Waals surface area contributed by atoms with Gasteiger partial charge in [-0.15, -0.1) is 11.8 Å². The van der Waals surface area contributed by atoms with Crippen molar-refractivity contribution in [3.05, 3.63) is 23.8 Å². The van der Waals surface area contributed by atoms with Crippen LogP contribution in [0.15, 0.2) is 18.2 Å². The van der Waals surface area contributed by atoms with Crippen LogP contribution in [0.25, 0.3) is 0 Å². The first-order valence-electron chi connectivity index (χ1n) is 8.45. The van der Waals surface area contributed by atoms with Crippen molar-refractivity contribution in [3.63, 3.8) is 0 Å². The highest BCUT2D eigenvalue weighted by molar-refractivity contribution is 8.00. The molecule has 2 aliphatic heterocycles. The van der Waals surface area contributed by atoms with E-state index in [1.54, 1.807) is 25.1 Å². The lowest BCUT2D eigenvalue weighted by Gasteiger charge is -2.19. The molecule has 1 aromatic rings. The predicted octanol–water partition coefficient (Wildman–Crippen LogP) is 1.92. The molecule has 3 amide bonds. The Balaban J connectivity index is 1.62. The Morgan fingerprint density at radius 2 is 2.19 bits per heavy atom. The summed E-state index contributed by atoms with van der Waals surface area (Å²) < 4.78 is 10.3. The first-order valence-corrected chi connectivity index (χ1v) is 9.50. The Kier molecular flexibility index (Phi) is 5.55. The van der Waals surface area contributed by atoms with Gasteiger partial charge in [0, 0.05) is 5.56 Å². The summed E-state index contributed by atoms with van der Waals surface area (Å²) in [6, 6.07) is 5.15. The summed E-state index contributed by atoms with van der Waals surface area (Å²) in [7, 11) is 0. The second kappa shape index (κ2) is 7.86. The molecule has 0 spiro atoms. The number of hydrogen-bond acceptors (Lipinski definition) is 7. The summed E-state index contributed by atoms with van der Waals surface area (Å²) in [6.45, 7) is 3.73. The maximum Gasteiger partial charge on any atom is 0.413 e. The maximum atomic E-state index is 12.6. The number of alkyl carbamates (subject to hydrolysis) is 1. The number of benzene rings is 1. The third-order valence-electron chi connectivity index (χ3n) is 4.11. The molecule has 1 fully saturated rings. The van der Waals surface area contributed by atoms with E-state index in [1.807, 2.05) is 6.92 Å². The van der Waals surface area contributed by atoms with E-state index in [9.17, 15) is 14.4 Å². The molecule has 26 heavy (non-hydrogen) atoms. The number of fused-ring (bicyclic) bond motifs is 1. The number of thioether (sulfide) groups is 1. The van der Waals surface area contributed by atoms with Crippen molar-refractivity contribution < 1.29 is 23.9 Å². The summed E-state index contributed by atoms with van der Waals surface area (Å²) in [5, 5.41) is 7.82. The van der Waals surface area contributed by atoms with E-state index in [1.165, 1.54) is 11.8 Å². The molecular weight excluding hydrogens is 358 g/mol. The number of amides is 3. The fraction of sp³-hybridized carbons (Fsp3) is 0.471. The summed E-state index contributed by atoms with van der Waals surface area (Å²) in [6.07, 6.45) is -0.319. The normalized spacial score (nSPS) is 23.4. The second-order valence-corrected chi connectivity index (χ2v) is 7.23. The predicted molar refractivity (Wildman–Crippen MR) is 97.1 cm³/mol. The van der Waals surface area contributed by atoms with Crippen LogP contribution in [0.1, 0.15) is 30.6 Å². The Hall–Kier alpha value is -2.42. The Morgan fingerprint density at radius 1 is 1.38 bits per heavy atom. The number of nitrogens with one attached hydrogen (secondary N) is 3.